The first kappa shape index (κ1) is 12.3. The maximum atomic E-state index is 13.8. The van der Waals surface area contributed by atoms with E-state index in [1.165, 1.54) is 29.1 Å². The molecule has 3 nitrogen and oxygen atoms in total. The van der Waals surface area contributed by atoms with Crippen LogP contribution in [0.2, 0.25) is 0 Å². The van der Waals surface area contributed by atoms with E-state index in [9.17, 15) is 8.78 Å². The molecule has 2 aromatic carbocycles. The van der Waals surface area contributed by atoms with Gasteiger partial charge >= 0.3 is 0 Å². The first-order valence-electron chi connectivity index (χ1n) is 6.01. The molecule has 0 atom stereocenters. The molecule has 0 unspecified atom stereocenters. The minimum atomic E-state index is -0.399. The third-order valence-corrected chi connectivity index (χ3v) is 2.94. The van der Waals surface area contributed by atoms with Crippen molar-refractivity contribution in [3.05, 3.63) is 66.4 Å². The molecule has 0 saturated heterocycles. The van der Waals surface area contributed by atoms with Crippen molar-refractivity contribution in [2.45, 2.75) is 0 Å². The summed E-state index contributed by atoms with van der Waals surface area (Å²) in [6.45, 7) is 0. The van der Waals surface area contributed by atoms with Crippen LogP contribution in [0.25, 0.3) is 16.9 Å². The van der Waals surface area contributed by atoms with Crippen molar-refractivity contribution in [1.82, 2.24) is 9.78 Å². The molecule has 0 aliphatic heterocycles. The van der Waals surface area contributed by atoms with Crippen LogP contribution >= 0.6 is 0 Å². The average molecular weight is 271 g/mol. The second kappa shape index (κ2) is 4.77. The van der Waals surface area contributed by atoms with E-state index in [4.69, 9.17) is 5.73 Å². The highest BCUT2D eigenvalue weighted by atomic mass is 19.1. The van der Waals surface area contributed by atoms with Gasteiger partial charge in [-0.2, -0.15) is 5.10 Å². The first-order chi connectivity index (χ1) is 9.65. The monoisotopic (exact) mass is 271 g/mol. The van der Waals surface area contributed by atoms with Crippen LogP contribution in [-0.2, 0) is 0 Å². The molecule has 2 N–H and O–H groups in total. The van der Waals surface area contributed by atoms with Gasteiger partial charge in [-0.1, -0.05) is 18.2 Å². The first-order valence-corrected chi connectivity index (χ1v) is 6.01. The van der Waals surface area contributed by atoms with Crippen molar-refractivity contribution in [2.75, 3.05) is 5.73 Å². The van der Waals surface area contributed by atoms with Crippen LogP contribution in [0.4, 0.5) is 14.5 Å². The number of benzene rings is 2. The van der Waals surface area contributed by atoms with E-state index in [0.29, 0.717) is 22.6 Å². The van der Waals surface area contributed by atoms with Gasteiger partial charge in [0, 0.05) is 5.56 Å². The second-order valence-corrected chi connectivity index (χ2v) is 4.34. The third-order valence-electron chi connectivity index (χ3n) is 2.94. The van der Waals surface area contributed by atoms with Gasteiger partial charge in [-0.3, -0.25) is 0 Å². The number of anilines is 1. The van der Waals surface area contributed by atoms with Crippen LogP contribution in [-0.4, -0.2) is 9.78 Å². The summed E-state index contributed by atoms with van der Waals surface area (Å²) in [6, 6.07) is 12.2. The summed E-state index contributed by atoms with van der Waals surface area (Å²) in [7, 11) is 0. The fourth-order valence-electron chi connectivity index (χ4n) is 2.00. The number of hydrogen-bond acceptors (Lipinski definition) is 2. The van der Waals surface area contributed by atoms with Crippen molar-refractivity contribution < 1.29 is 8.78 Å². The Morgan fingerprint density at radius 1 is 1.00 bits per heavy atom. The molecule has 3 aromatic rings. The Morgan fingerprint density at radius 3 is 2.55 bits per heavy atom. The lowest BCUT2D eigenvalue weighted by Gasteiger charge is -2.01. The average Bonchev–Trinajstić information content (AvgIpc) is 2.81. The number of nitrogens with zero attached hydrogens (tertiary/aromatic N) is 2. The van der Waals surface area contributed by atoms with Crippen LogP contribution in [0.5, 0.6) is 0 Å². The number of nitrogens with two attached hydrogens (primary N) is 1. The molecule has 3 rings (SSSR count). The number of nitrogen functional groups attached to an aromatic ring is 1. The Kier molecular flexibility index (Phi) is 2.95. The van der Waals surface area contributed by atoms with Gasteiger partial charge in [-0.05, 0) is 30.3 Å². The van der Waals surface area contributed by atoms with E-state index in [0.717, 1.165) is 0 Å². The molecule has 0 radical (unpaired) electrons. The summed E-state index contributed by atoms with van der Waals surface area (Å²) < 4.78 is 28.4. The van der Waals surface area contributed by atoms with Gasteiger partial charge in [-0.15, -0.1) is 0 Å². The number of hydrogen-bond donors (Lipinski definition) is 1. The Balaban J connectivity index is 2.10. The second-order valence-electron chi connectivity index (χ2n) is 4.34. The fourth-order valence-corrected chi connectivity index (χ4v) is 2.00. The minimum Gasteiger partial charge on any atom is -0.396 e. The fraction of sp³-hybridized carbons (Fsp3) is 0. The maximum Gasteiger partial charge on any atom is 0.132 e. The van der Waals surface area contributed by atoms with E-state index < -0.39 is 5.82 Å². The van der Waals surface area contributed by atoms with Gasteiger partial charge in [0.15, 0.2) is 0 Å². The Labute approximate surface area is 114 Å². The summed E-state index contributed by atoms with van der Waals surface area (Å²) in [5, 5.41) is 4.24. The summed E-state index contributed by atoms with van der Waals surface area (Å²) in [6.07, 6.45) is 1.54. The Hall–Kier alpha value is -2.69. The smallest absolute Gasteiger partial charge is 0.132 e. The van der Waals surface area contributed by atoms with Crippen LogP contribution in [0.1, 0.15) is 0 Å². The van der Waals surface area contributed by atoms with Gasteiger partial charge in [0.1, 0.15) is 17.3 Å². The van der Waals surface area contributed by atoms with Crippen LogP contribution in [0.3, 0.4) is 0 Å². The van der Waals surface area contributed by atoms with E-state index >= 15 is 0 Å². The lowest BCUT2D eigenvalue weighted by Crippen LogP contribution is -1.95. The quantitative estimate of drug-likeness (QED) is 0.776. The summed E-state index contributed by atoms with van der Waals surface area (Å²) in [5.74, 6) is -0.771. The van der Waals surface area contributed by atoms with E-state index in [1.54, 1.807) is 30.3 Å². The van der Waals surface area contributed by atoms with Crippen molar-refractivity contribution in [2.24, 2.45) is 0 Å². The molecular formula is C15H11F2N3. The highest BCUT2D eigenvalue weighted by molar-refractivity contribution is 5.72. The summed E-state index contributed by atoms with van der Waals surface area (Å²) >= 11 is 0. The lowest BCUT2D eigenvalue weighted by molar-refractivity contribution is 0.625. The SMILES string of the molecule is Nc1cn(-c2cccc(F)c2)nc1-c1ccccc1F. The van der Waals surface area contributed by atoms with Gasteiger partial charge < -0.3 is 5.73 Å². The standard InChI is InChI=1S/C15H11F2N3/c16-10-4-3-5-11(8-10)20-9-14(18)15(19-20)12-6-1-2-7-13(12)17/h1-9H,18H2. The van der Waals surface area contributed by atoms with Gasteiger partial charge in [0.25, 0.3) is 0 Å². The van der Waals surface area contributed by atoms with E-state index in [2.05, 4.69) is 5.10 Å². The molecule has 0 aliphatic carbocycles. The van der Waals surface area contributed by atoms with Crippen molar-refractivity contribution >= 4 is 5.69 Å². The Bertz CT molecular complexity index is 765. The van der Waals surface area contributed by atoms with E-state index in [1.807, 2.05) is 0 Å². The molecule has 100 valence electrons. The van der Waals surface area contributed by atoms with Gasteiger partial charge in [-0.25, -0.2) is 13.5 Å². The van der Waals surface area contributed by atoms with Crippen LogP contribution in [0.15, 0.2) is 54.7 Å². The van der Waals surface area contributed by atoms with Crippen LogP contribution in [0, 0.1) is 11.6 Å². The van der Waals surface area contributed by atoms with Crippen molar-refractivity contribution in [3.8, 4) is 16.9 Å². The highest BCUT2D eigenvalue weighted by Gasteiger charge is 2.13. The molecule has 0 spiro atoms. The number of rotatable bonds is 2. The predicted molar refractivity (Wildman–Crippen MR) is 73.3 cm³/mol. The van der Waals surface area contributed by atoms with Crippen LogP contribution < -0.4 is 5.73 Å². The molecule has 0 aliphatic rings. The molecule has 0 saturated carbocycles. The normalized spacial score (nSPS) is 10.7. The molecule has 20 heavy (non-hydrogen) atoms. The zero-order valence-electron chi connectivity index (χ0n) is 10.4. The largest absolute Gasteiger partial charge is 0.396 e. The summed E-state index contributed by atoms with van der Waals surface area (Å²) in [5.41, 5.74) is 7.39. The van der Waals surface area contributed by atoms with Crippen molar-refractivity contribution in [1.29, 1.82) is 0 Å². The van der Waals surface area contributed by atoms with Gasteiger partial charge in [0.05, 0.1) is 17.6 Å². The molecule has 0 amide bonds. The molecule has 5 heteroatoms. The van der Waals surface area contributed by atoms with Gasteiger partial charge in [0.2, 0.25) is 0 Å². The highest BCUT2D eigenvalue weighted by Crippen LogP contribution is 2.27. The van der Waals surface area contributed by atoms with E-state index in [-0.39, 0.29) is 5.82 Å². The van der Waals surface area contributed by atoms with Crippen molar-refractivity contribution in [3.63, 3.8) is 0 Å². The number of halogens is 2. The predicted octanol–water partition coefficient (Wildman–Crippen LogP) is 3.40. The molecule has 1 aromatic heterocycles. The molecule has 0 bridgehead atoms. The topological polar surface area (TPSA) is 43.8 Å². The maximum absolute atomic E-state index is 13.8. The third kappa shape index (κ3) is 2.14. The minimum absolute atomic E-state index is 0.320. The summed E-state index contributed by atoms with van der Waals surface area (Å²) in [4.78, 5) is 0. The zero-order chi connectivity index (χ0) is 14.1. The molecule has 1 heterocycles. The molecular weight excluding hydrogens is 260 g/mol. The Morgan fingerprint density at radius 2 is 1.80 bits per heavy atom. The molecule has 0 fully saturated rings. The zero-order valence-corrected chi connectivity index (χ0v) is 10.4. The lowest BCUT2D eigenvalue weighted by atomic mass is 10.1. The number of aromatic nitrogens is 2.